The molecule has 3 heteroatoms. The molecule has 0 saturated carbocycles. The molecule has 12 aromatic carbocycles. The lowest BCUT2D eigenvalue weighted by Crippen LogP contribution is -2.28. The first kappa shape index (κ1) is 42.0. The van der Waals surface area contributed by atoms with Crippen LogP contribution < -0.4 is 4.90 Å². The molecule has 0 fully saturated rings. The summed E-state index contributed by atoms with van der Waals surface area (Å²) in [4.78, 5) is 2.50. The molecule has 1 aliphatic carbocycles. The molecule has 2 heterocycles. The summed E-state index contributed by atoms with van der Waals surface area (Å²) in [6.45, 7) is 0. The molecule has 0 unspecified atom stereocenters. The number of para-hydroxylation sites is 4. The largest absolute Gasteiger partial charge is 0.310 e. The Kier molecular flexibility index (Phi) is 9.48. The molecule has 0 saturated heterocycles. The highest BCUT2D eigenvalue weighted by atomic mass is 15.1. The third kappa shape index (κ3) is 6.33. The summed E-state index contributed by atoms with van der Waals surface area (Å²) in [5.41, 5.74) is 19.4. The van der Waals surface area contributed by atoms with Crippen LogP contribution in [0.15, 0.2) is 285 Å². The van der Waals surface area contributed by atoms with Crippen LogP contribution in [-0.2, 0) is 5.41 Å². The Morgan fingerprint density at radius 3 is 1.46 bits per heavy atom. The highest BCUT2D eigenvalue weighted by Crippen LogP contribution is 2.57. The Morgan fingerprint density at radius 1 is 0.270 bits per heavy atom. The van der Waals surface area contributed by atoms with Crippen LogP contribution in [0.25, 0.3) is 88.0 Å². The van der Waals surface area contributed by atoms with Gasteiger partial charge in [0.15, 0.2) is 0 Å². The normalized spacial score (nSPS) is 12.7. The quantitative estimate of drug-likeness (QED) is 0.148. The lowest BCUT2D eigenvalue weighted by atomic mass is 9.67. The summed E-state index contributed by atoms with van der Waals surface area (Å²) in [6, 6.07) is 106. The summed E-state index contributed by atoms with van der Waals surface area (Å²) >= 11 is 0. The van der Waals surface area contributed by atoms with Gasteiger partial charge < -0.3 is 14.0 Å². The summed E-state index contributed by atoms with van der Waals surface area (Å²) in [6.07, 6.45) is 0. The Labute approximate surface area is 429 Å². The Morgan fingerprint density at radius 2 is 0.784 bits per heavy atom. The molecule has 0 aliphatic heterocycles. The van der Waals surface area contributed by atoms with Crippen LogP contribution in [0.4, 0.5) is 17.1 Å². The van der Waals surface area contributed by atoms with Crippen molar-refractivity contribution in [2.24, 2.45) is 0 Å². The molecule has 0 bridgehead atoms. The Hall–Kier alpha value is -9.70. The van der Waals surface area contributed by atoms with Gasteiger partial charge in [-0.15, -0.1) is 0 Å². The number of rotatable bonds is 8. The Balaban J connectivity index is 1.03. The number of hydrogen-bond donors (Lipinski definition) is 0. The van der Waals surface area contributed by atoms with Crippen molar-refractivity contribution < 1.29 is 0 Å². The second kappa shape index (κ2) is 16.7. The van der Waals surface area contributed by atoms with Gasteiger partial charge in [0.25, 0.3) is 0 Å². The van der Waals surface area contributed by atoms with E-state index in [0.717, 1.165) is 39.6 Å². The van der Waals surface area contributed by atoms with Crippen molar-refractivity contribution in [2.45, 2.75) is 5.41 Å². The summed E-state index contributed by atoms with van der Waals surface area (Å²) < 4.78 is 4.88. The van der Waals surface area contributed by atoms with E-state index in [1.54, 1.807) is 0 Å². The van der Waals surface area contributed by atoms with E-state index >= 15 is 0 Å². The molecule has 74 heavy (non-hydrogen) atoms. The van der Waals surface area contributed by atoms with Crippen molar-refractivity contribution in [1.29, 1.82) is 0 Å². The second-order valence-electron chi connectivity index (χ2n) is 19.7. The molecule has 0 atom stereocenters. The minimum Gasteiger partial charge on any atom is -0.310 e. The summed E-state index contributed by atoms with van der Waals surface area (Å²) in [5.74, 6) is 0. The van der Waals surface area contributed by atoms with Crippen molar-refractivity contribution in [3.05, 3.63) is 307 Å². The molecule has 3 nitrogen and oxygen atoms in total. The first-order valence-electron chi connectivity index (χ1n) is 25.6. The van der Waals surface area contributed by atoms with Crippen molar-refractivity contribution in [3.8, 4) is 33.6 Å². The number of benzene rings is 12. The van der Waals surface area contributed by atoms with Gasteiger partial charge in [-0.3, -0.25) is 0 Å². The zero-order valence-corrected chi connectivity index (χ0v) is 40.5. The fourth-order valence-electron chi connectivity index (χ4n) is 12.6. The van der Waals surface area contributed by atoms with Crippen LogP contribution in [0.3, 0.4) is 0 Å². The minimum atomic E-state index is -0.567. The van der Waals surface area contributed by atoms with Crippen LogP contribution >= 0.6 is 0 Å². The standard InChI is InChI=1S/C71H47N3/c1-4-22-52(23-5-1)71(53-24-6-2-7-25-53)65-32-16-12-28-59(65)60-41-39-56(47-66(60)71)72(55-38-36-48-20-10-11-21-49(48)42-55)57-43-51(44-58(46-57)74-68-34-18-13-29-61(68)62-30-14-19-35-69(62)74)50-37-40-64-63-31-15-17-33-67(63)73(70(64)45-50)54-26-8-3-9-27-54/h1-47H. The first-order chi connectivity index (χ1) is 36.7. The molecular weight excluding hydrogens is 895 g/mol. The average molecular weight is 942 g/mol. The number of fused-ring (bicyclic) bond motifs is 10. The zero-order chi connectivity index (χ0) is 48.7. The van der Waals surface area contributed by atoms with E-state index in [9.17, 15) is 0 Å². The maximum atomic E-state index is 2.50. The van der Waals surface area contributed by atoms with Crippen molar-refractivity contribution in [2.75, 3.05) is 4.90 Å². The first-order valence-corrected chi connectivity index (χ1v) is 25.6. The molecular formula is C71H47N3. The van der Waals surface area contributed by atoms with Gasteiger partial charge >= 0.3 is 0 Å². The molecule has 15 rings (SSSR count). The van der Waals surface area contributed by atoms with Crippen molar-refractivity contribution >= 4 is 71.4 Å². The van der Waals surface area contributed by atoms with Gasteiger partial charge in [-0.1, -0.05) is 206 Å². The molecule has 0 N–H and O–H groups in total. The van der Waals surface area contributed by atoms with Gasteiger partial charge in [0.1, 0.15) is 0 Å². The fraction of sp³-hybridized carbons (Fsp3) is 0.0141. The number of anilines is 3. The maximum Gasteiger partial charge on any atom is 0.0714 e. The summed E-state index contributed by atoms with van der Waals surface area (Å²) in [5, 5.41) is 7.31. The summed E-state index contributed by atoms with van der Waals surface area (Å²) in [7, 11) is 0. The topological polar surface area (TPSA) is 13.1 Å². The molecule has 2 aromatic heterocycles. The van der Waals surface area contributed by atoms with Crippen LogP contribution in [0.5, 0.6) is 0 Å². The maximum absolute atomic E-state index is 2.50. The smallest absolute Gasteiger partial charge is 0.0714 e. The lowest BCUT2D eigenvalue weighted by Gasteiger charge is -2.35. The van der Waals surface area contributed by atoms with Gasteiger partial charge in [0.05, 0.1) is 27.5 Å². The third-order valence-corrected chi connectivity index (χ3v) is 15.7. The van der Waals surface area contributed by atoms with E-state index < -0.39 is 5.41 Å². The van der Waals surface area contributed by atoms with Crippen LogP contribution in [-0.4, -0.2) is 9.13 Å². The molecule has 0 spiro atoms. The molecule has 1 aliphatic rings. The van der Waals surface area contributed by atoms with E-state index in [-0.39, 0.29) is 0 Å². The third-order valence-electron chi connectivity index (χ3n) is 15.7. The Bertz CT molecular complexity index is 4390. The van der Waals surface area contributed by atoms with E-state index in [4.69, 9.17) is 0 Å². The fourth-order valence-corrected chi connectivity index (χ4v) is 12.6. The zero-order valence-electron chi connectivity index (χ0n) is 40.5. The van der Waals surface area contributed by atoms with Gasteiger partial charge in [-0.25, -0.2) is 0 Å². The molecule has 14 aromatic rings. The van der Waals surface area contributed by atoms with E-state index in [1.807, 2.05) is 0 Å². The number of hydrogen-bond acceptors (Lipinski definition) is 1. The van der Waals surface area contributed by atoms with Gasteiger partial charge in [0.2, 0.25) is 0 Å². The lowest BCUT2D eigenvalue weighted by molar-refractivity contribution is 0.768. The van der Waals surface area contributed by atoms with E-state index in [2.05, 4.69) is 299 Å². The second-order valence-corrected chi connectivity index (χ2v) is 19.7. The highest BCUT2D eigenvalue weighted by Gasteiger charge is 2.46. The molecule has 346 valence electrons. The van der Waals surface area contributed by atoms with E-state index in [0.29, 0.717) is 0 Å². The highest BCUT2D eigenvalue weighted by molar-refractivity contribution is 6.11. The van der Waals surface area contributed by atoms with Crippen molar-refractivity contribution in [3.63, 3.8) is 0 Å². The monoisotopic (exact) mass is 941 g/mol. The predicted octanol–water partition coefficient (Wildman–Crippen LogP) is 18.5. The van der Waals surface area contributed by atoms with Gasteiger partial charge in [-0.05, 0) is 134 Å². The van der Waals surface area contributed by atoms with E-state index in [1.165, 1.54) is 87.8 Å². The average Bonchev–Trinajstić information content (AvgIpc) is 4.11. The number of nitrogens with zero attached hydrogens (tertiary/aromatic N) is 3. The van der Waals surface area contributed by atoms with Gasteiger partial charge in [0, 0.05) is 50.0 Å². The van der Waals surface area contributed by atoms with Crippen LogP contribution in [0, 0.1) is 0 Å². The van der Waals surface area contributed by atoms with Crippen molar-refractivity contribution in [1.82, 2.24) is 9.13 Å². The molecule has 0 amide bonds. The van der Waals surface area contributed by atoms with Crippen LogP contribution in [0.2, 0.25) is 0 Å². The SMILES string of the molecule is c1ccc(-n2c3ccccc3c3ccc(-c4cc(N(c5ccc6c(c5)C(c5ccccc5)(c5ccccc5)c5ccccc5-6)c5ccc6ccccc6c5)cc(-n5c6ccccc6c6ccccc65)c4)cc32)cc1. The number of aromatic nitrogens is 2. The van der Waals surface area contributed by atoms with Gasteiger partial charge in [-0.2, -0.15) is 0 Å². The minimum absolute atomic E-state index is 0.567. The molecule has 0 radical (unpaired) electrons. The predicted molar refractivity (Wildman–Crippen MR) is 310 cm³/mol. The van der Waals surface area contributed by atoms with Crippen LogP contribution in [0.1, 0.15) is 22.3 Å².